The molecule has 2 aromatic rings. The second kappa shape index (κ2) is 7.51. The van der Waals surface area contributed by atoms with Crippen molar-refractivity contribution < 1.29 is 23.0 Å². The molecule has 8 heteroatoms. The number of ether oxygens (including phenoxy) is 2. The van der Waals surface area contributed by atoms with Gasteiger partial charge in [0, 0.05) is 52.0 Å². The van der Waals surface area contributed by atoms with E-state index in [0.29, 0.717) is 26.2 Å². The molecule has 0 radical (unpaired) electrons. The van der Waals surface area contributed by atoms with Gasteiger partial charge in [-0.25, -0.2) is 0 Å². The normalized spacial score (nSPS) is 19.1. The van der Waals surface area contributed by atoms with E-state index >= 15 is 0 Å². The van der Waals surface area contributed by atoms with Crippen LogP contribution in [0.15, 0.2) is 48.5 Å². The third-order valence-electron chi connectivity index (χ3n) is 5.22. The molecule has 0 spiro atoms. The fourth-order valence-corrected chi connectivity index (χ4v) is 3.76. The Morgan fingerprint density at radius 2 is 1.66 bits per heavy atom. The number of nitrogens with zero attached hydrogens (tertiary/aromatic N) is 3. The summed E-state index contributed by atoms with van der Waals surface area (Å²) in [7, 11) is 3.52. The number of anilines is 1. The minimum atomic E-state index is -3.62. The van der Waals surface area contributed by atoms with Crippen LogP contribution in [0.25, 0.3) is 0 Å². The predicted octanol–water partition coefficient (Wildman–Crippen LogP) is 2.96. The maximum absolute atomic E-state index is 13.3. The van der Waals surface area contributed by atoms with E-state index < -0.39 is 6.29 Å². The van der Waals surface area contributed by atoms with E-state index in [1.54, 1.807) is 31.1 Å². The van der Waals surface area contributed by atoms with Gasteiger partial charge in [-0.2, -0.15) is 0 Å². The largest absolute Gasteiger partial charge is 0.586 e. The maximum Gasteiger partial charge on any atom is 0.586 e. The molecule has 1 saturated heterocycles. The van der Waals surface area contributed by atoms with Crippen LogP contribution in [0, 0.1) is 0 Å². The first kappa shape index (κ1) is 19.4. The zero-order valence-corrected chi connectivity index (χ0v) is 16.3. The number of amides is 1. The van der Waals surface area contributed by atoms with Crippen LogP contribution in [0.2, 0.25) is 0 Å². The van der Waals surface area contributed by atoms with Gasteiger partial charge in [0.2, 0.25) is 5.91 Å². The van der Waals surface area contributed by atoms with Gasteiger partial charge in [-0.1, -0.05) is 30.3 Å². The molecule has 0 N–H and O–H groups in total. The highest BCUT2D eigenvalue weighted by molar-refractivity contribution is 5.83. The Hall–Kier alpha value is -2.87. The minimum Gasteiger partial charge on any atom is -0.395 e. The summed E-state index contributed by atoms with van der Waals surface area (Å²) in [5.74, 6) is 0.118. The van der Waals surface area contributed by atoms with Gasteiger partial charge in [0.05, 0.1) is 0 Å². The van der Waals surface area contributed by atoms with Crippen molar-refractivity contribution in [3.8, 4) is 11.5 Å². The van der Waals surface area contributed by atoms with Gasteiger partial charge >= 0.3 is 6.29 Å². The van der Waals surface area contributed by atoms with Gasteiger partial charge in [-0.3, -0.25) is 9.69 Å². The standard InChI is InChI=1S/C21H23F2N3O3/c1-24(2)20(27)19(15-6-4-3-5-7-15)26-12-10-25(11-13-26)16-8-9-17-18(14-16)29-21(22,23)28-17/h3-9,14,19H,10-13H2,1-2H3. The topological polar surface area (TPSA) is 45.3 Å². The van der Waals surface area contributed by atoms with Gasteiger partial charge in [0.25, 0.3) is 0 Å². The molecular formula is C21H23F2N3O3. The van der Waals surface area contributed by atoms with Crippen molar-refractivity contribution in [1.29, 1.82) is 0 Å². The lowest BCUT2D eigenvalue weighted by atomic mass is 10.0. The first-order valence-electron chi connectivity index (χ1n) is 9.49. The summed E-state index contributed by atoms with van der Waals surface area (Å²) in [5, 5.41) is 0. The number of likely N-dealkylation sites (N-methyl/N-ethyl adjacent to an activating group) is 1. The second-order valence-electron chi connectivity index (χ2n) is 7.37. The minimum absolute atomic E-state index is 0.0370. The number of hydrogen-bond donors (Lipinski definition) is 0. The Labute approximate surface area is 168 Å². The first-order chi connectivity index (χ1) is 13.8. The Balaban J connectivity index is 1.48. The average molecular weight is 403 g/mol. The Morgan fingerprint density at radius 3 is 2.31 bits per heavy atom. The highest BCUT2D eigenvalue weighted by atomic mass is 19.3. The van der Waals surface area contributed by atoms with Gasteiger partial charge < -0.3 is 19.3 Å². The molecule has 6 nitrogen and oxygen atoms in total. The van der Waals surface area contributed by atoms with Crippen LogP contribution in [-0.2, 0) is 4.79 Å². The van der Waals surface area contributed by atoms with Crippen LogP contribution < -0.4 is 14.4 Å². The lowest BCUT2D eigenvalue weighted by molar-refractivity contribution is -0.286. The number of benzene rings is 2. The van der Waals surface area contributed by atoms with Crippen LogP contribution >= 0.6 is 0 Å². The average Bonchev–Trinajstić information content (AvgIpc) is 3.02. The van der Waals surface area contributed by atoms with Crippen LogP contribution in [0.1, 0.15) is 11.6 Å². The lowest BCUT2D eigenvalue weighted by Crippen LogP contribution is -2.51. The maximum atomic E-state index is 13.3. The van der Waals surface area contributed by atoms with Crippen molar-refractivity contribution in [2.45, 2.75) is 12.3 Å². The molecule has 2 aliphatic rings. The summed E-state index contributed by atoms with van der Waals surface area (Å²) >= 11 is 0. The fraction of sp³-hybridized carbons (Fsp3) is 0.381. The Morgan fingerprint density at radius 1 is 1.00 bits per heavy atom. The van der Waals surface area contributed by atoms with Crippen LogP contribution in [0.5, 0.6) is 11.5 Å². The van der Waals surface area contributed by atoms with Crippen molar-refractivity contribution in [3.05, 3.63) is 54.1 Å². The summed E-state index contributed by atoms with van der Waals surface area (Å²) in [6.45, 7) is 2.67. The van der Waals surface area contributed by atoms with Crippen LogP contribution in [0.3, 0.4) is 0 Å². The first-order valence-corrected chi connectivity index (χ1v) is 9.49. The van der Waals surface area contributed by atoms with E-state index in [0.717, 1.165) is 11.3 Å². The number of alkyl halides is 2. The van der Waals surface area contributed by atoms with Crippen molar-refractivity contribution in [2.75, 3.05) is 45.2 Å². The molecule has 29 heavy (non-hydrogen) atoms. The summed E-state index contributed by atoms with van der Waals surface area (Å²) < 4.78 is 35.5. The molecular weight excluding hydrogens is 380 g/mol. The Bertz CT molecular complexity index is 884. The molecule has 1 amide bonds. The molecule has 0 bridgehead atoms. The van der Waals surface area contributed by atoms with Crippen molar-refractivity contribution in [1.82, 2.24) is 9.80 Å². The van der Waals surface area contributed by atoms with Gasteiger partial charge in [-0.05, 0) is 17.7 Å². The molecule has 4 rings (SSSR count). The van der Waals surface area contributed by atoms with Crippen LogP contribution in [0.4, 0.5) is 14.5 Å². The molecule has 0 aromatic heterocycles. The summed E-state index contributed by atoms with van der Waals surface area (Å²) in [4.78, 5) is 18.7. The molecule has 154 valence electrons. The number of piperazine rings is 1. The molecule has 2 heterocycles. The number of rotatable bonds is 4. The van der Waals surface area contributed by atoms with E-state index in [9.17, 15) is 13.6 Å². The highest BCUT2D eigenvalue weighted by Gasteiger charge is 2.43. The van der Waals surface area contributed by atoms with Gasteiger partial charge in [0.15, 0.2) is 11.5 Å². The summed E-state index contributed by atoms with van der Waals surface area (Å²) in [6, 6.07) is 14.2. The number of carbonyl (C=O) groups excluding carboxylic acids is 1. The SMILES string of the molecule is CN(C)C(=O)C(c1ccccc1)N1CCN(c2ccc3c(c2)OC(F)(F)O3)CC1. The number of hydrogen-bond acceptors (Lipinski definition) is 5. The van der Waals surface area contributed by atoms with Crippen LogP contribution in [-0.4, -0.2) is 62.3 Å². The molecule has 1 atom stereocenters. The lowest BCUT2D eigenvalue weighted by Gasteiger charge is -2.40. The van der Waals surface area contributed by atoms with Gasteiger partial charge in [-0.15, -0.1) is 8.78 Å². The highest BCUT2D eigenvalue weighted by Crippen LogP contribution is 2.43. The monoisotopic (exact) mass is 403 g/mol. The number of fused-ring (bicyclic) bond motifs is 1. The molecule has 0 aliphatic carbocycles. The Kier molecular flexibility index (Phi) is 5.04. The third-order valence-corrected chi connectivity index (χ3v) is 5.22. The summed E-state index contributed by atoms with van der Waals surface area (Å²) in [5.41, 5.74) is 1.75. The molecule has 0 saturated carbocycles. The number of carbonyl (C=O) groups is 1. The molecule has 2 aliphatic heterocycles. The van der Waals surface area contributed by atoms with E-state index in [1.165, 1.54) is 6.07 Å². The quantitative estimate of drug-likeness (QED) is 0.786. The molecule has 2 aromatic carbocycles. The predicted molar refractivity (Wildman–Crippen MR) is 104 cm³/mol. The molecule has 1 fully saturated rings. The van der Waals surface area contributed by atoms with Crippen molar-refractivity contribution >= 4 is 11.6 Å². The van der Waals surface area contributed by atoms with E-state index in [2.05, 4.69) is 19.3 Å². The fourth-order valence-electron chi connectivity index (χ4n) is 3.76. The second-order valence-corrected chi connectivity index (χ2v) is 7.37. The molecule has 1 unspecified atom stereocenters. The number of halogens is 2. The van der Waals surface area contributed by atoms with Crippen molar-refractivity contribution in [2.24, 2.45) is 0 Å². The third kappa shape index (κ3) is 3.98. The van der Waals surface area contributed by atoms with E-state index in [-0.39, 0.29) is 23.4 Å². The van der Waals surface area contributed by atoms with E-state index in [4.69, 9.17) is 0 Å². The zero-order valence-electron chi connectivity index (χ0n) is 16.3. The van der Waals surface area contributed by atoms with E-state index in [1.807, 2.05) is 30.3 Å². The zero-order chi connectivity index (χ0) is 20.6. The van der Waals surface area contributed by atoms with Crippen molar-refractivity contribution in [3.63, 3.8) is 0 Å². The summed E-state index contributed by atoms with van der Waals surface area (Å²) in [6.07, 6.45) is -3.62. The van der Waals surface area contributed by atoms with Gasteiger partial charge in [0.1, 0.15) is 6.04 Å². The smallest absolute Gasteiger partial charge is 0.395 e.